The molecule has 0 heterocycles. The summed E-state index contributed by atoms with van der Waals surface area (Å²) in [7, 11) is 0. The molecule has 2 nitrogen and oxygen atoms in total. The van der Waals surface area contributed by atoms with Gasteiger partial charge in [0, 0.05) is 11.8 Å². The molecule has 1 fully saturated rings. The number of rotatable bonds is 5. The van der Waals surface area contributed by atoms with Crippen LogP contribution in [-0.2, 0) is 6.18 Å². The van der Waals surface area contributed by atoms with E-state index < -0.39 is 17.6 Å². The fourth-order valence-corrected chi connectivity index (χ4v) is 2.27. The summed E-state index contributed by atoms with van der Waals surface area (Å²) in [4.78, 5) is 0.362. The van der Waals surface area contributed by atoms with Gasteiger partial charge < -0.3 is 10.5 Å². The summed E-state index contributed by atoms with van der Waals surface area (Å²) in [6, 6.07) is 2.61. The Bertz CT molecular complexity index is 526. The summed E-state index contributed by atoms with van der Waals surface area (Å²) >= 11 is 4.83. The highest BCUT2D eigenvalue weighted by atomic mass is 32.1. The van der Waals surface area contributed by atoms with Crippen molar-refractivity contribution < 1.29 is 22.3 Å². The zero-order chi connectivity index (χ0) is 15.0. The van der Waals surface area contributed by atoms with E-state index in [-0.39, 0.29) is 17.8 Å². The summed E-state index contributed by atoms with van der Waals surface area (Å²) in [6.07, 6.45) is -2.48. The molecule has 0 spiro atoms. The number of thiocarbonyl (C=S) groups is 1. The van der Waals surface area contributed by atoms with Crippen molar-refractivity contribution in [3.8, 4) is 5.75 Å². The molecule has 1 aromatic carbocycles. The third kappa shape index (κ3) is 3.59. The van der Waals surface area contributed by atoms with Crippen LogP contribution in [0.4, 0.5) is 17.6 Å². The number of alkyl halides is 3. The molecule has 0 bridgehead atoms. The van der Waals surface area contributed by atoms with Gasteiger partial charge in [0.25, 0.3) is 0 Å². The van der Waals surface area contributed by atoms with Gasteiger partial charge in [0.05, 0.1) is 17.2 Å². The molecule has 1 aromatic rings. The van der Waals surface area contributed by atoms with Crippen LogP contribution in [0.1, 0.15) is 24.8 Å². The van der Waals surface area contributed by atoms with Crippen LogP contribution >= 0.6 is 12.2 Å². The average Bonchev–Trinajstić information content (AvgIpc) is 3.06. The molecule has 2 rings (SSSR count). The van der Waals surface area contributed by atoms with Gasteiger partial charge in [-0.15, -0.1) is 0 Å². The highest BCUT2D eigenvalue weighted by molar-refractivity contribution is 7.80. The predicted octanol–water partition coefficient (Wildman–Crippen LogP) is 3.68. The first-order chi connectivity index (χ1) is 9.22. The van der Waals surface area contributed by atoms with Crippen LogP contribution in [-0.4, -0.2) is 11.6 Å². The Labute approximate surface area is 118 Å². The molecule has 0 saturated heterocycles. The van der Waals surface area contributed by atoms with Gasteiger partial charge in [-0.25, -0.2) is 4.39 Å². The summed E-state index contributed by atoms with van der Waals surface area (Å²) in [5, 5.41) is 0. The van der Waals surface area contributed by atoms with Crippen molar-refractivity contribution in [1.29, 1.82) is 0 Å². The van der Waals surface area contributed by atoms with Gasteiger partial charge in [0.1, 0.15) is 11.6 Å². The molecule has 0 radical (unpaired) electrons. The van der Waals surface area contributed by atoms with E-state index in [1.54, 1.807) is 0 Å². The molecular formula is C13H13F4NOS. The SMILES string of the molecule is NC(=S)CC1(COc2ccc(F)c(C(F)(F)F)c2)CC1. The van der Waals surface area contributed by atoms with Crippen LogP contribution in [0.15, 0.2) is 18.2 Å². The molecule has 20 heavy (non-hydrogen) atoms. The van der Waals surface area contributed by atoms with E-state index in [1.165, 1.54) is 6.07 Å². The second-order valence-corrected chi connectivity index (χ2v) is 5.60. The molecule has 2 N–H and O–H groups in total. The Morgan fingerprint density at radius 3 is 2.50 bits per heavy atom. The topological polar surface area (TPSA) is 35.2 Å². The minimum absolute atomic E-state index is 0.00654. The van der Waals surface area contributed by atoms with Crippen molar-refractivity contribution in [2.45, 2.75) is 25.4 Å². The Balaban J connectivity index is 2.06. The largest absolute Gasteiger partial charge is 0.493 e. The number of ether oxygens (including phenoxy) is 1. The lowest BCUT2D eigenvalue weighted by atomic mass is 10.0. The van der Waals surface area contributed by atoms with E-state index in [2.05, 4.69) is 0 Å². The highest BCUT2D eigenvalue weighted by Crippen LogP contribution is 2.49. The minimum Gasteiger partial charge on any atom is -0.493 e. The number of benzene rings is 1. The lowest BCUT2D eigenvalue weighted by Crippen LogP contribution is -2.21. The summed E-state index contributed by atoms with van der Waals surface area (Å²) in [5.74, 6) is -1.32. The third-order valence-electron chi connectivity index (χ3n) is 3.29. The zero-order valence-electron chi connectivity index (χ0n) is 10.5. The molecule has 7 heteroatoms. The van der Waals surface area contributed by atoms with Gasteiger partial charge in [-0.2, -0.15) is 13.2 Å². The van der Waals surface area contributed by atoms with Crippen LogP contribution in [0.3, 0.4) is 0 Å². The smallest absolute Gasteiger partial charge is 0.419 e. The van der Waals surface area contributed by atoms with Crippen molar-refractivity contribution in [1.82, 2.24) is 0 Å². The number of hydrogen-bond donors (Lipinski definition) is 1. The van der Waals surface area contributed by atoms with Crippen LogP contribution < -0.4 is 10.5 Å². The summed E-state index contributed by atoms with van der Waals surface area (Å²) in [6.45, 7) is 0.229. The molecule has 1 aliphatic carbocycles. The number of hydrogen-bond acceptors (Lipinski definition) is 2. The molecular weight excluding hydrogens is 294 g/mol. The molecule has 110 valence electrons. The maximum absolute atomic E-state index is 13.1. The first-order valence-corrected chi connectivity index (χ1v) is 6.41. The first-order valence-electron chi connectivity index (χ1n) is 6.00. The fraction of sp³-hybridized carbons (Fsp3) is 0.462. The van der Waals surface area contributed by atoms with Crippen LogP contribution in [0.2, 0.25) is 0 Å². The normalized spacial score (nSPS) is 16.8. The Kier molecular flexibility index (Phi) is 3.90. The quantitative estimate of drug-likeness (QED) is 0.666. The van der Waals surface area contributed by atoms with Gasteiger partial charge in [0.2, 0.25) is 0 Å². The monoisotopic (exact) mass is 307 g/mol. The van der Waals surface area contributed by atoms with Crippen molar-refractivity contribution in [2.24, 2.45) is 11.1 Å². The standard InChI is InChI=1S/C13H13F4NOS/c14-10-2-1-8(5-9(10)13(15,16)17)19-7-12(3-4-12)6-11(18)20/h1-2,5H,3-4,6-7H2,(H2,18,20). The maximum Gasteiger partial charge on any atom is 0.419 e. The second kappa shape index (κ2) is 5.20. The second-order valence-electron chi connectivity index (χ2n) is 5.07. The summed E-state index contributed by atoms with van der Waals surface area (Å²) < 4.78 is 56.1. The zero-order valence-corrected chi connectivity index (χ0v) is 11.3. The van der Waals surface area contributed by atoms with E-state index in [0.29, 0.717) is 17.5 Å². The molecule has 1 aliphatic rings. The van der Waals surface area contributed by atoms with Gasteiger partial charge >= 0.3 is 6.18 Å². The number of halogens is 4. The Hall–Kier alpha value is -1.37. The van der Waals surface area contributed by atoms with Gasteiger partial charge in [-0.1, -0.05) is 12.2 Å². The maximum atomic E-state index is 13.1. The lowest BCUT2D eigenvalue weighted by molar-refractivity contribution is -0.140. The van der Waals surface area contributed by atoms with E-state index in [9.17, 15) is 17.6 Å². The van der Waals surface area contributed by atoms with E-state index in [0.717, 1.165) is 18.9 Å². The van der Waals surface area contributed by atoms with E-state index in [1.807, 2.05) is 0 Å². The van der Waals surface area contributed by atoms with Gasteiger partial charge in [-0.05, 0) is 31.0 Å². The Morgan fingerprint density at radius 2 is 2.00 bits per heavy atom. The lowest BCUT2D eigenvalue weighted by Gasteiger charge is -2.16. The van der Waals surface area contributed by atoms with Crippen molar-refractivity contribution >= 4 is 17.2 Å². The molecule has 1 saturated carbocycles. The Morgan fingerprint density at radius 1 is 1.35 bits per heavy atom. The van der Waals surface area contributed by atoms with Gasteiger partial charge in [0.15, 0.2) is 0 Å². The molecule has 0 aliphatic heterocycles. The van der Waals surface area contributed by atoms with Crippen molar-refractivity contribution in [2.75, 3.05) is 6.61 Å². The third-order valence-corrected chi connectivity index (χ3v) is 3.44. The van der Waals surface area contributed by atoms with E-state index >= 15 is 0 Å². The fourth-order valence-electron chi connectivity index (χ4n) is 1.97. The molecule has 0 unspecified atom stereocenters. The minimum atomic E-state index is -4.74. The van der Waals surface area contributed by atoms with Crippen LogP contribution in [0, 0.1) is 11.2 Å². The van der Waals surface area contributed by atoms with Crippen LogP contribution in [0.5, 0.6) is 5.75 Å². The van der Waals surface area contributed by atoms with Crippen LogP contribution in [0.25, 0.3) is 0 Å². The molecule has 0 amide bonds. The average molecular weight is 307 g/mol. The van der Waals surface area contributed by atoms with Gasteiger partial charge in [-0.3, -0.25) is 0 Å². The molecule has 0 atom stereocenters. The van der Waals surface area contributed by atoms with Crippen molar-refractivity contribution in [3.05, 3.63) is 29.6 Å². The van der Waals surface area contributed by atoms with Crippen molar-refractivity contribution in [3.63, 3.8) is 0 Å². The number of nitrogens with two attached hydrogens (primary N) is 1. The highest BCUT2D eigenvalue weighted by Gasteiger charge is 2.44. The molecule has 0 aromatic heterocycles. The predicted molar refractivity (Wildman–Crippen MR) is 70.0 cm³/mol. The first kappa shape index (κ1) is 15.0. The van der Waals surface area contributed by atoms with E-state index in [4.69, 9.17) is 22.7 Å². The summed E-state index contributed by atoms with van der Waals surface area (Å²) in [5.41, 5.74) is 3.97.